The van der Waals surface area contributed by atoms with Crippen LogP contribution in [0.5, 0.6) is 0 Å². The molecule has 1 unspecified atom stereocenters. The number of aryl methyl sites for hydroxylation is 4. The number of nitrogens with zero attached hydrogens (tertiary/aromatic N) is 7. The van der Waals surface area contributed by atoms with Crippen LogP contribution < -0.4 is 0 Å². The predicted octanol–water partition coefficient (Wildman–Crippen LogP) is 4.72. The third-order valence-electron chi connectivity index (χ3n) is 7.99. The molecule has 0 saturated carbocycles. The zero-order chi connectivity index (χ0) is 27.6. The third-order valence-corrected chi connectivity index (χ3v) is 7.99. The zero-order valence-corrected chi connectivity index (χ0v) is 23.2. The fourth-order valence-corrected chi connectivity index (χ4v) is 6.17. The molecular weight excluding hydrogens is 497 g/mol. The normalized spacial score (nSPS) is 16.0. The Hall–Kier alpha value is -3.63. The molecule has 0 amide bonds. The van der Waals surface area contributed by atoms with Crippen LogP contribution in [-0.4, -0.2) is 52.6 Å². The Morgan fingerprint density at radius 1 is 1.10 bits per heavy atom. The van der Waals surface area contributed by atoms with Crippen molar-refractivity contribution in [3.05, 3.63) is 58.8 Å². The smallest absolute Gasteiger partial charge is 0.131 e. The molecule has 1 aliphatic rings. The summed E-state index contributed by atoms with van der Waals surface area (Å²) in [5.41, 5.74) is 6.21. The maximum atomic E-state index is 16.0. The van der Waals surface area contributed by atoms with Gasteiger partial charge < -0.3 is 14.4 Å². The standard InChI is InChI=1S/C29H34FN7O2/c1-16-8-7-9-20(22(16)30)25(18-10-12-39-13-11-18)37-21-14-19(24-17(2)32-34-36(24)6)15-31-23(21)26-27(37)28(29(3,4)38)33-35(26)5/h7-9,14-15,18,25,38H,10-13H2,1-6H3. The molecule has 5 heterocycles. The molecule has 1 aromatic carbocycles. The molecule has 9 nitrogen and oxygen atoms in total. The Kier molecular flexibility index (Phi) is 6.07. The van der Waals surface area contributed by atoms with Crippen LogP contribution in [0.4, 0.5) is 4.39 Å². The van der Waals surface area contributed by atoms with E-state index >= 15 is 4.39 Å². The van der Waals surface area contributed by atoms with E-state index in [0.717, 1.165) is 51.9 Å². The van der Waals surface area contributed by atoms with Gasteiger partial charge in [-0.25, -0.2) is 9.07 Å². The average Bonchev–Trinajstić information content (AvgIpc) is 3.53. The fraction of sp³-hybridized carbons (Fsp3) is 0.448. The molecule has 0 bridgehead atoms. The molecule has 1 saturated heterocycles. The van der Waals surface area contributed by atoms with E-state index in [1.54, 1.807) is 36.2 Å². The highest BCUT2D eigenvalue weighted by Crippen LogP contribution is 2.44. The number of pyridine rings is 1. The van der Waals surface area contributed by atoms with Crippen molar-refractivity contribution in [3.63, 3.8) is 0 Å². The first-order valence-electron chi connectivity index (χ1n) is 13.4. The van der Waals surface area contributed by atoms with Gasteiger partial charge in [0.25, 0.3) is 0 Å². The molecule has 1 N–H and O–H groups in total. The van der Waals surface area contributed by atoms with Gasteiger partial charge in [-0.1, -0.05) is 23.4 Å². The van der Waals surface area contributed by atoms with Gasteiger partial charge in [-0.3, -0.25) is 9.67 Å². The minimum atomic E-state index is -1.23. The quantitative estimate of drug-likeness (QED) is 0.353. The molecule has 204 valence electrons. The summed E-state index contributed by atoms with van der Waals surface area (Å²) in [6, 6.07) is 7.32. The second kappa shape index (κ2) is 9.24. The summed E-state index contributed by atoms with van der Waals surface area (Å²) in [7, 11) is 3.72. The van der Waals surface area contributed by atoms with E-state index in [-0.39, 0.29) is 17.8 Å². The van der Waals surface area contributed by atoms with Crippen molar-refractivity contribution >= 4 is 22.1 Å². The van der Waals surface area contributed by atoms with Crippen molar-refractivity contribution in [2.45, 2.75) is 52.2 Å². The number of rotatable bonds is 5. The first-order chi connectivity index (χ1) is 18.6. The lowest BCUT2D eigenvalue weighted by Gasteiger charge is -2.33. The summed E-state index contributed by atoms with van der Waals surface area (Å²) in [5, 5.41) is 24.4. The van der Waals surface area contributed by atoms with Gasteiger partial charge in [0.2, 0.25) is 0 Å². The van der Waals surface area contributed by atoms with Crippen molar-refractivity contribution in [3.8, 4) is 11.3 Å². The monoisotopic (exact) mass is 531 g/mol. The molecule has 0 radical (unpaired) electrons. The van der Waals surface area contributed by atoms with Gasteiger partial charge in [0.1, 0.15) is 28.1 Å². The lowest BCUT2D eigenvalue weighted by atomic mass is 9.85. The molecule has 0 aliphatic carbocycles. The molecule has 5 aromatic rings. The minimum Gasteiger partial charge on any atom is -0.384 e. The summed E-state index contributed by atoms with van der Waals surface area (Å²) in [6.07, 6.45) is 3.40. The Morgan fingerprint density at radius 2 is 1.85 bits per heavy atom. The summed E-state index contributed by atoms with van der Waals surface area (Å²) in [4.78, 5) is 4.93. The van der Waals surface area contributed by atoms with Crippen LogP contribution in [0, 0.1) is 25.6 Å². The van der Waals surface area contributed by atoms with E-state index in [9.17, 15) is 5.11 Å². The van der Waals surface area contributed by atoms with Crippen molar-refractivity contribution in [1.82, 2.24) is 34.3 Å². The van der Waals surface area contributed by atoms with Gasteiger partial charge in [0, 0.05) is 44.6 Å². The lowest BCUT2D eigenvalue weighted by Crippen LogP contribution is -2.28. The third kappa shape index (κ3) is 4.04. The molecule has 10 heteroatoms. The van der Waals surface area contributed by atoms with E-state index in [4.69, 9.17) is 14.8 Å². The number of hydrogen-bond donors (Lipinski definition) is 1. The first kappa shape index (κ1) is 25.6. The first-order valence-corrected chi connectivity index (χ1v) is 13.4. The molecule has 1 aliphatic heterocycles. The summed E-state index contributed by atoms with van der Waals surface area (Å²) in [5.74, 6) is -0.110. The topological polar surface area (TPSA) is 95.8 Å². The number of ether oxygens (including phenoxy) is 1. The van der Waals surface area contributed by atoms with Crippen molar-refractivity contribution in [2.24, 2.45) is 20.0 Å². The van der Waals surface area contributed by atoms with E-state index in [2.05, 4.69) is 20.9 Å². The van der Waals surface area contributed by atoms with Crippen LogP contribution >= 0.6 is 0 Å². The predicted molar refractivity (Wildman–Crippen MR) is 147 cm³/mol. The second-order valence-corrected chi connectivity index (χ2v) is 11.2. The van der Waals surface area contributed by atoms with Gasteiger partial charge >= 0.3 is 0 Å². The van der Waals surface area contributed by atoms with Gasteiger partial charge in [0.05, 0.1) is 28.5 Å². The highest BCUT2D eigenvalue weighted by Gasteiger charge is 2.36. The average molecular weight is 532 g/mol. The van der Waals surface area contributed by atoms with Crippen LogP contribution in [0.25, 0.3) is 33.3 Å². The maximum Gasteiger partial charge on any atom is 0.131 e. The van der Waals surface area contributed by atoms with E-state index in [1.165, 1.54) is 0 Å². The van der Waals surface area contributed by atoms with Crippen LogP contribution in [0.3, 0.4) is 0 Å². The largest absolute Gasteiger partial charge is 0.384 e. The fourth-order valence-electron chi connectivity index (χ4n) is 6.17. The number of fused-ring (bicyclic) bond motifs is 3. The highest BCUT2D eigenvalue weighted by atomic mass is 19.1. The number of halogens is 1. The molecule has 1 atom stereocenters. The molecule has 0 spiro atoms. The van der Waals surface area contributed by atoms with Gasteiger partial charge in [-0.05, 0) is 58.1 Å². The zero-order valence-electron chi connectivity index (χ0n) is 23.2. The Labute approximate surface area is 226 Å². The number of aromatic nitrogens is 7. The molecule has 4 aromatic heterocycles. The van der Waals surface area contributed by atoms with Crippen molar-refractivity contribution in [1.29, 1.82) is 0 Å². The highest BCUT2D eigenvalue weighted by molar-refractivity contribution is 6.06. The Bertz CT molecular complexity index is 1680. The van der Waals surface area contributed by atoms with E-state index in [0.29, 0.717) is 30.0 Å². The van der Waals surface area contributed by atoms with E-state index < -0.39 is 5.60 Å². The lowest BCUT2D eigenvalue weighted by molar-refractivity contribution is 0.0543. The summed E-state index contributed by atoms with van der Waals surface area (Å²) >= 11 is 0. The summed E-state index contributed by atoms with van der Waals surface area (Å²) < 4.78 is 27.4. The number of benzene rings is 1. The van der Waals surface area contributed by atoms with Crippen molar-refractivity contribution < 1.29 is 14.2 Å². The van der Waals surface area contributed by atoms with Gasteiger partial charge in [-0.15, -0.1) is 5.10 Å². The maximum absolute atomic E-state index is 16.0. The number of aliphatic hydroxyl groups is 1. The second-order valence-electron chi connectivity index (χ2n) is 11.2. The van der Waals surface area contributed by atoms with Crippen LogP contribution in [0.15, 0.2) is 30.5 Å². The van der Waals surface area contributed by atoms with Gasteiger partial charge in [-0.2, -0.15) is 5.10 Å². The molecule has 39 heavy (non-hydrogen) atoms. The Balaban J connectivity index is 1.76. The Morgan fingerprint density at radius 3 is 2.51 bits per heavy atom. The molecule has 6 rings (SSSR count). The SMILES string of the molecule is Cc1cccc(C(C2CCOCC2)n2c3cc(-c4c(C)nnn4C)cnc3c3c2c(C(C)(C)O)nn3C)c1F. The molecule has 1 fully saturated rings. The van der Waals surface area contributed by atoms with Gasteiger partial charge in [0.15, 0.2) is 0 Å². The van der Waals surface area contributed by atoms with Crippen LogP contribution in [0.2, 0.25) is 0 Å². The van der Waals surface area contributed by atoms with E-state index in [1.807, 2.05) is 39.3 Å². The summed E-state index contributed by atoms with van der Waals surface area (Å²) in [6.45, 7) is 8.42. The number of hydrogen-bond acceptors (Lipinski definition) is 6. The van der Waals surface area contributed by atoms with Crippen molar-refractivity contribution in [2.75, 3.05) is 13.2 Å². The minimum absolute atomic E-state index is 0.104. The molecular formula is C29H34FN7O2. The van der Waals surface area contributed by atoms with Crippen LogP contribution in [-0.2, 0) is 24.4 Å². The van der Waals surface area contributed by atoms with Crippen LogP contribution in [0.1, 0.15) is 55.2 Å².